The molecule has 6 heteroatoms. The Morgan fingerprint density at radius 1 is 1.12 bits per heavy atom. The van der Waals surface area contributed by atoms with Crippen LogP contribution < -0.4 is 16.2 Å². The molecule has 6 nitrogen and oxygen atoms in total. The molecule has 25 heavy (non-hydrogen) atoms. The molecule has 3 aliphatic rings. The Hall–Kier alpha value is -1.82. The van der Waals surface area contributed by atoms with Gasteiger partial charge in [0.2, 0.25) is 0 Å². The number of hydrogen-bond acceptors (Lipinski definition) is 3. The van der Waals surface area contributed by atoms with Gasteiger partial charge in [-0.05, 0) is 44.4 Å². The van der Waals surface area contributed by atoms with Gasteiger partial charge >= 0.3 is 6.03 Å². The minimum atomic E-state index is -0.250. The fraction of sp³-hybridized carbons (Fsp3) is 0.684. The number of nitrogens with one attached hydrogen (secondary N) is 2. The van der Waals surface area contributed by atoms with Crippen LogP contribution in [-0.2, 0) is 6.54 Å². The van der Waals surface area contributed by atoms with Crippen LogP contribution in [0.2, 0.25) is 0 Å². The third kappa shape index (κ3) is 3.45. The Labute approximate surface area is 148 Å². The number of aromatic nitrogens is 1. The van der Waals surface area contributed by atoms with Crippen molar-refractivity contribution in [2.75, 3.05) is 25.5 Å². The van der Waals surface area contributed by atoms with Crippen LogP contribution in [0.1, 0.15) is 50.1 Å². The van der Waals surface area contributed by atoms with Gasteiger partial charge in [0.05, 0.1) is 0 Å². The molecule has 0 spiro atoms. The predicted molar refractivity (Wildman–Crippen MR) is 98.1 cm³/mol. The smallest absolute Gasteiger partial charge is 0.319 e. The lowest BCUT2D eigenvalue weighted by atomic mass is 9.83. The summed E-state index contributed by atoms with van der Waals surface area (Å²) >= 11 is 0. The third-order valence-corrected chi connectivity index (χ3v) is 5.98. The van der Waals surface area contributed by atoms with E-state index in [1.165, 1.54) is 25.7 Å². The van der Waals surface area contributed by atoms with E-state index < -0.39 is 0 Å². The standard InChI is InChI=1S/C19H28N4O2/c1-22-10-13-9-14(12-22)17-8-7-16(18(24)23(17)11-13)21-19(25)20-15-5-3-2-4-6-15/h7-8,13-15H,2-6,9-12H2,1H3,(H2,20,21,25)/t13-,14-/m1/s1. The van der Waals surface area contributed by atoms with Crippen molar-refractivity contribution in [1.29, 1.82) is 0 Å². The molecular weight excluding hydrogens is 316 g/mol. The first kappa shape index (κ1) is 16.6. The van der Waals surface area contributed by atoms with Gasteiger partial charge in [0.15, 0.2) is 0 Å². The average Bonchev–Trinajstić information content (AvgIpc) is 2.58. The van der Waals surface area contributed by atoms with Crippen LogP contribution in [0, 0.1) is 5.92 Å². The zero-order valence-corrected chi connectivity index (χ0v) is 15.0. The Balaban J connectivity index is 1.49. The van der Waals surface area contributed by atoms with Gasteiger partial charge in [-0.2, -0.15) is 0 Å². The normalized spacial score (nSPS) is 26.8. The number of anilines is 1. The molecule has 1 saturated carbocycles. The van der Waals surface area contributed by atoms with Crippen molar-refractivity contribution in [3.05, 3.63) is 28.2 Å². The molecular formula is C19H28N4O2. The highest BCUT2D eigenvalue weighted by atomic mass is 16.2. The van der Waals surface area contributed by atoms with E-state index in [0.29, 0.717) is 17.5 Å². The van der Waals surface area contributed by atoms with Crippen LogP contribution in [0.5, 0.6) is 0 Å². The van der Waals surface area contributed by atoms with Crippen molar-refractivity contribution < 1.29 is 4.79 Å². The number of piperidine rings is 1. The van der Waals surface area contributed by atoms with Crippen LogP contribution in [0.15, 0.2) is 16.9 Å². The summed E-state index contributed by atoms with van der Waals surface area (Å²) in [6.07, 6.45) is 6.83. The molecule has 3 heterocycles. The lowest BCUT2D eigenvalue weighted by molar-refractivity contribution is 0.145. The Bertz CT molecular complexity index is 708. The van der Waals surface area contributed by atoms with Gasteiger partial charge in [-0.3, -0.25) is 4.79 Å². The fourth-order valence-electron chi connectivity index (χ4n) is 4.87. The van der Waals surface area contributed by atoms with Crippen molar-refractivity contribution in [2.24, 2.45) is 5.92 Å². The Kier molecular flexibility index (Phi) is 4.54. The highest BCUT2D eigenvalue weighted by Gasteiger charge is 2.33. The number of rotatable bonds is 2. The number of carbonyl (C=O) groups excluding carboxylic acids is 1. The van der Waals surface area contributed by atoms with Crippen molar-refractivity contribution in [3.8, 4) is 0 Å². The zero-order chi connectivity index (χ0) is 17.4. The van der Waals surface area contributed by atoms with Crippen LogP contribution in [0.25, 0.3) is 0 Å². The number of fused-ring (bicyclic) bond motifs is 4. The van der Waals surface area contributed by atoms with E-state index in [1.54, 1.807) is 6.07 Å². The second kappa shape index (κ2) is 6.83. The summed E-state index contributed by atoms with van der Waals surface area (Å²) in [6, 6.07) is 3.80. The topological polar surface area (TPSA) is 66.4 Å². The zero-order valence-electron chi connectivity index (χ0n) is 15.0. The predicted octanol–water partition coefficient (Wildman–Crippen LogP) is 2.35. The largest absolute Gasteiger partial charge is 0.335 e. The summed E-state index contributed by atoms with van der Waals surface area (Å²) in [6.45, 7) is 2.81. The van der Waals surface area contributed by atoms with E-state index in [1.807, 2.05) is 10.6 Å². The fourth-order valence-corrected chi connectivity index (χ4v) is 4.87. The molecule has 0 radical (unpaired) electrons. The third-order valence-electron chi connectivity index (χ3n) is 5.98. The van der Waals surface area contributed by atoms with Crippen molar-refractivity contribution >= 4 is 11.7 Å². The average molecular weight is 344 g/mol. The van der Waals surface area contributed by atoms with E-state index in [2.05, 4.69) is 22.6 Å². The minimum Gasteiger partial charge on any atom is -0.335 e. The quantitative estimate of drug-likeness (QED) is 0.865. The number of pyridine rings is 1. The molecule has 2 atom stereocenters. The molecule has 2 fully saturated rings. The molecule has 2 N–H and O–H groups in total. The Morgan fingerprint density at radius 3 is 2.72 bits per heavy atom. The van der Waals surface area contributed by atoms with E-state index in [4.69, 9.17) is 0 Å². The molecule has 0 unspecified atom stereocenters. The maximum atomic E-state index is 12.9. The molecule has 1 aromatic rings. The number of likely N-dealkylation sites (N-methyl/N-ethyl adjacent to an activating group) is 1. The van der Waals surface area contributed by atoms with E-state index in [9.17, 15) is 9.59 Å². The first-order valence-corrected chi connectivity index (χ1v) is 9.60. The number of amides is 2. The van der Waals surface area contributed by atoms with E-state index in [-0.39, 0.29) is 17.6 Å². The Morgan fingerprint density at radius 2 is 1.92 bits per heavy atom. The van der Waals surface area contributed by atoms with Gasteiger partial charge < -0.3 is 20.1 Å². The maximum absolute atomic E-state index is 12.9. The molecule has 1 saturated heterocycles. The van der Waals surface area contributed by atoms with E-state index >= 15 is 0 Å². The molecule has 2 aliphatic heterocycles. The summed E-state index contributed by atoms with van der Waals surface area (Å²) in [5.41, 5.74) is 1.45. The van der Waals surface area contributed by atoms with Crippen LogP contribution in [0.4, 0.5) is 10.5 Å². The molecule has 2 amide bonds. The maximum Gasteiger partial charge on any atom is 0.319 e. The molecule has 2 bridgehead atoms. The summed E-state index contributed by atoms with van der Waals surface area (Å²) < 4.78 is 1.89. The number of hydrogen-bond donors (Lipinski definition) is 2. The van der Waals surface area contributed by atoms with Gasteiger partial charge in [-0.15, -0.1) is 0 Å². The van der Waals surface area contributed by atoms with Gasteiger partial charge in [0.1, 0.15) is 5.69 Å². The van der Waals surface area contributed by atoms with Gasteiger partial charge in [-0.25, -0.2) is 4.79 Å². The second-order valence-corrected chi connectivity index (χ2v) is 8.04. The van der Waals surface area contributed by atoms with Gasteiger partial charge in [0, 0.05) is 37.3 Å². The molecule has 4 rings (SSSR count). The highest BCUT2D eigenvalue weighted by Crippen LogP contribution is 2.34. The number of likely N-dealkylation sites (tertiary alicyclic amines) is 1. The first-order chi connectivity index (χ1) is 12.1. The summed E-state index contributed by atoms with van der Waals surface area (Å²) in [5.74, 6) is 0.954. The number of urea groups is 1. The van der Waals surface area contributed by atoms with Gasteiger partial charge in [0.25, 0.3) is 5.56 Å². The first-order valence-electron chi connectivity index (χ1n) is 9.60. The SMILES string of the molecule is CN1C[C@H]2C[C@H](C1)c1ccc(NC(=O)NC3CCCCC3)c(=O)n1C2. The number of nitrogens with zero attached hydrogens (tertiary/aromatic N) is 2. The molecule has 136 valence electrons. The lowest BCUT2D eigenvalue weighted by Gasteiger charge is -2.41. The van der Waals surface area contributed by atoms with Crippen LogP contribution >= 0.6 is 0 Å². The lowest BCUT2D eigenvalue weighted by Crippen LogP contribution is -2.46. The van der Waals surface area contributed by atoms with Crippen molar-refractivity contribution in [2.45, 2.75) is 57.0 Å². The summed E-state index contributed by atoms with van der Waals surface area (Å²) in [4.78, 5) is 27.5. The van der Waals surface area contributed by atoms with E-state index in [0.717, 1.165) is 38.2 Å². The van der Waals surface area contributed by atoms with Crippen molar-refractivity contribution in [3.63, 3.8) is 0 Å². The monoisotopic (exact) mass is 344 g/mol. The highest BCUT2D eigenvalue weighted by molar-refractivity contribution is 5.89. The second-order valence-electron chi connectivity index (χ2n) is 8.04. The van der Waals surface area contributed by atoms with Gasteiger partial charge in [-0.1, -0.05) is 19.3 Å². The van der Waals surface area contributed by atoms with Crippen molar-refractivity contribution in [1.82, 2.24) is 14.8 Å². The summed E-state index contributed by atoms with van der Waals surface area (Å²) in [7, 11) is 2.15. The van der Waals surface area contributed by atoms with Crippen LogP contribution in [0.3, 0.4) is 0 Å². The van der Waals surface area contributed by atoms with Crippen LogP contribution in [-0.4, -0.2) is 41.7 Å². The summed E-state index contributed by atoms with van der Waals surface area (Å²) in [5, 5.41) is 5.80. The number of carbonyl (C=O) groups is 1. The minimum absolute atomic E-state index is 0.0597. The molecule has 1 aliphatic carbocycles. The molecule has 0 aromatic carbocycles. The molecule has 1 aromatic heterocycles.